The Bertz CT molecular complexity index is 382. The zero-order chi connectivity index (χ0) is 10.1. The molecule has 4 atom stereocenters. The van der Waals surface area contributed by atoms with Crippen molar-refractivity contribution in [2.24, 2.45) is 0 Å². The molecule has 0 saturated carbocycles. The highest BCUT2D eigenvalue weighted by atomic mass is 32.2. The van der Waals surface area contributed by atoms with Gasteiger partial charge in [-0.2, -0.15) is 0 Å². The average Bonchev–Trinajstić information content (AvgIpc) is 2.96. The van der Waals surface area contributed by atoms with Gasteiger partial charge in [-0.25, -0.2) is 0 Å². The predicted octanol–water partition coefficient (Wildman–Crippen LogP) is 3.42. The largest absolute Gasteiger partial charge is 0.139 e. The van der Waals surface area contributed by atoms with Gasteiger partial charge in [0.25, 0.3) is 0 Å². The molecule has 0 spiro atoms. The quantitative estimate of drug-likeness (QED) is 0.519. The molecule has 2 heteroatoms. The molecule has 0 bridgehead atoms. The SMILES string of the molecule is C=C(C)C12C=CC3SC3(C(=C)C)C1S2. The maximum absolute atomic E-state index is 4.16. The number of thioether (sulfide) groups is 2. The van der Waals surface area contributed by atoms with E-state index < -0.39 is 0 Å². The first-order valence-corrected chi connectivity index (χ1v) is 6.67. The Morgan fingerprint density at radius 2 is 1.93 bits per heavy atom. The number of hydrogen-bond donors (Lipinski definition) is 0. The van der Waals surface area contributed by atoms with Gasteiger partial charge in [-0.3, -0.25) is 0 Å². The fourth-order valence-corrected chi connectivity index (χ4v) is 6.10. The summed E-state index contributed by atoms with van der Waals surface area (Å²) in [5.74, 6) is 0. The normalized spacial score (nSPS) is 51.9. The third-order valence-electron chi connectivity index (χ3n) is 3.57. The van der Waals surface area contributed by atoms with Gasteiger partial charge in [-0.15, -0.1) is 23.5 Å². The van der Waals surface area contributed by atoms with Crippen molar-refractivity contribution in [2.75, 3.05) is 0 Å². The van der Waals surface area contributed by atoms with Crippen LogP contribution in [0.4, 0.5) is 0 Å². The van der Waals surface area contributed by atoms with Crippen molar-refractivity contribution in [3.05, 3.63) is 36.5 Å². The fourth-order valence-electron chi connectivity index (χ4n) is 2.53. The lowest BCUT2D eigenvalue weighted by Crippen LogP contribution is -2.32. The van der Waals surface area contributed by atoms with Crippen LogP contribution in [0, 0.1) is 0 Å². The van der Waals surface area contributed by atoms with E-state index in [0.717, 1.165) is 0 Å². The molecule has 0 aromatic carbocycles. The predicted molar refractivity (Wildman–Crippen MR) is 67.0 cm³/mol. The van der Waals surface area contributed by atoms with Gasteiger partial charge < -0.3 is 0 Å². The maximum Gasteiger partial charge on any atom is 0.0683 e. The Kier molecular flexibility index (Phi) is 1.54. The summed E-state index contributed by atoms with van der Waals surface area (Å²) in [7, 11) is 0. The van der Waals surface area contributed by atoms with E-state index in [1.165, 1.54) is 11.1 Å². The van der Waals surface area contributed by atoms with E-state index in [1.54, 1.807) is 0 Å². The van der Waals surface area contributed by atoms with Crippen molar-refractivity contribution >= 4 is 23.5 Å². The van der Waals surface area contributed by atoms with Gasteiger partial charge in [0.1, 0.15) is 0 Å². The van der Waals surface area contributed by atoms with Gasteiger partial charge in [0.05, 0.1) is 9.49 Å². The van der Waals surface area contributed by atoms with Crippen LogP contribution in [0.3, 0.4) is 0 Å². The second kappa shape index (κ2) is 2.35. The molecular formula is C12H14S2. The zero-order valence-electron chi connectivity index (χ0n) is 8.54. The monoisotopic (exact) mass is 222 g/mol. The van der Waals surface area contributed by atoms with Crippen molar-refractivity contribution in [1.82, 2.24) is 0 Å². The smallest absolute Gasteiger partial charge is 0.0683 e. The molecule has 0 aromatic heterocycles. The van der Waals surface area contributed by atoms with Crippen LogP contribution in [-0.4, -0.2) is 20.0 Å². The molecule has 2 saturated heterocycles. The maximum atomic E-state index is 4.16. The Morgan fingerprint density at radius 1 is 1.21 bits per heavy atom. The molecule has 14 heavy (non-hydrogen) atoms. The molecule has 1 aliphatic carbocycles. The van der Waals surface area contributed by atoms with Gasteiger partial charge in [0, 0.05) is 10.5 Å². The lowest BCUT2D eigenvalue weighted by atomic mass is 9.80. The second-order valence-electron chi connectivity index (χ2n) is 4.54. The lowest BCUT2D eigenvalue weighted by Gasteiger charge is -2.21. The molecule has 0 aromatic rings. The summed E-state index contributed by atoms with van der Waals surface area (Å²) >= 11 is 4.14. The van der Waals surface area contributed by atoms with E-state index in [-0.39, 0.29) is 4.75 Å². The van der Waals surface area contributed by atoms with Crippen LogP contribution in [0.25, 0.3) is 0 Å². The first-order chi connectivity index (χ1) is 6.54. The van der Waals surface area contributed by atoms with Crippen molar-refractivity contribution in [2.45, 2.75) is 33.8 Å². The second-order valence-corrected chi connectivity index (χ2v) is 7.34. The first kappa shape index (κ1) is 9.17. The fraction of sp³-hybridized carbons (Fsp3) is 0.500. The van der Waals surface area contributed by atoms with Crippen molar-refractivity contribution in [1.29, 1.82) is 0 Å². The van der Waals surface area contributed by atoms with Crippen LogP contribution in [0.2, 0.25) is 0 Å². The number of rotatable bonds is 2. The zero-order valence-corrected chi connectivity index (χ0v) is 10.2. The highest BCUT2D eigenvalue weighted by Gasteiger charge is 2.75. The summed E-state index contributed by atoms with van der Waals surface area (Å²) in [6.45, 7) is 12.6. The van der Waals surface area contributed by atoms with Gasteiger partial charge in [0.15, 0.2) is 0 Å². The molecule has 4 unspecified atom stereocenters. The summed E-state index contributed by atoms with van der Waals surface area (Å²) in [5, 5.41) is 1.41. The average molecular weight is 222 g/mol. The summed E-state index contributed by atoms with van der Waals surface area (Å²) in [6, 6.07) is 0. The van der Waals surface area contributed by atoms with E-state index in [0.29, 0.717) is 15.2 Å². The number of fused-ring (bicyclic) bond motifs is 3. The van der Waals surface area contributed by atoms with Crippen molar-refractivity contribution < 1.29 is 0 Å². The van der Waals surface area contributed by atoms with E-state index in [9.17, 15) is 0 Å². The van der Waals surface area contributed by atoms with E-state index in [4.69, 9.17) is 0 Å². The van der Waals surface area contributed by atoms with E-state index >= 15 is 0 Å². The molecule has 0 nitrogen and oxygen atoms in total. The minimum atomic E-state index is 0.263. The van der Waals surface area contributed by atoms with Crippen LogP contribution in [0.5, 0.6) is 0 Å². The highest BCUT2D eigenvalue weighted by molar-refractivity contribution is 8.14. The van der Waals surface area contributed by atoms with E-state index in [1.807, 2.05) is 0 Å². The Balaban J connectivity index is 2.02. The van der Waals surface area contributed by atoms with Gasteiger partial charge >= 0.3 is 0 Å². The van der Waals surface area contributed by atoms with Gasteiger partial charge in [-0.1, -0.05) is 36.5 Å². The minimum Gasteiger partial charge on any atom is -0.139 e. The van der Waals surface area contributed by atoms with Crippen molar-refractivity contribution in [3.63, 3.8) is 0 Å². The summed E-state index contributed by atoms with van der Waals surface area (Å²) in [5.41, 5.74) is 2.65. The molecule has 0 amide bonds. The van der Waals surface area contributed by atoms with Gasteiger partial charge in [0.2, 0.25) is 0 Å². The molecule has 2 heterocycles. The minimum absolute atomic E-state index is 0.263. The molecule has 0 radical (unpaired) electrons. The molecular weight excluding hydrogens is 208 g/mol. The number of hydrogen-bond acceptors (Lipinski definition) is 2. The Morgan fingerprint density at radius 3 is 2.50 bits per heavy atom. The Labute approximate surface area is 93.9 Å². The molecule has 0 N–H and O–H groups in total. The highest BCUT2D eigenvalue weighted by Crippen LogP contribution is 2.78. The topological polar surface area (TPSA) is 0 Å². The van der Waals surface area contributed by atoms with Crippen molar-refractivity contribution in [3.8, 4) is 0 Å². The standard InChI is InChI=1S/C12H14S2/c1-7(2)11-6-5-9-12(13-9,8(3)4)10(11)14-11/h5-6,9-10H,1,3H2,2,4H3. The van der Waals surface area contributed by atoms with Crippen LogP contribution in [-0.2, 0) is 0 Å². The first-order valence-electron chi connectivity index (χ1n) is 4.91. The van der Waals surface area contributed by atoms with Crippen LogP contribution in [0.1, 0.15) is 13.8 Å². The van der Waals surface area contributed by atoms with Crippen LogP contribution in [0.15, 0.2) is 36.5 Å². The molecule has 3 rings (SSSR count). The third-order valence-corrected chi connectivity index (χ3v) is 7.32. The van der Waals surface area contributed by atoms with Gasteiger partial charge in [-0.05, 0) is 13.8 Å². The third kappa shape index (κ3) is 0.809. The lowest BCUT2D eigenvalue weighted by molar-refractivity contribution is 0.696. The molecule has 74 valence electrons. The summed E-state index contributed by atoms with van der Waals surface area (Å²) in [6.07, 6.45) is 4.74. The van der Waals surface area contributed by atoms with E-state index in [2.05, 4.69) is 62.7 Å². The summed E-state index contributed by atoms with van der Waals surface area (Å²) in [4.78, 5) is 0. The molecule has 2 fully saturated rings. The molecule has 3 aliphatic rings. The Hall–Kier alpha value is -0.0800. The summed E-state index contributed by atoms with van der Waals surface area (Å²) < 4.78 is 0.622. The van der Waals surface area contributed by atoms with Crippen LogP contribution >= 0.6 is 23.5 Å². The molecule has 2 aliphatic heterocycles. The van der Waals surface area contributed by atoms with Crippen LogP contribution < -0.4 is 0 Å².